The van der Waals surface area contributed by atoms with Crippen LogP contribution in [-0.2, 0) is 13.6 Å². The quantitative estimate of drug-likeness (QED) is 0.894. The van der Waals surface area contributed by atoms with Crippen molar-refractivity contribution in [2.24, 2.45) is 12.8 Å². The van der Waals surface area contributed by atoms with Gasteiger partial charge in [0, 0.05) is 36.1 Å². The number of aryl methyl sites for hydroxylation is 2. The van der Waals surface area contributed by atoms with Gasteiger partial charge in [-0.1, -0.05) is 6.92 Å². The van der Waals surface area contributed by atoms with E-state index in [1.165, 1.54) is 5.56 Å². The standard InChI is InChI=1S/C13H21N5/c1-5-12(14)13-9(2)16-18(10(13)3)8-11-6-15-17(4)7-11/h6-7,12H,5,8,14H2,1-4H3. The van der Waals surface area contributed by atoms with Crippen molar-refractivity contribution in [1.82, 2.24) is 19.6 Å². The lowest BCUT2D eigenvalue weighted by atomic mass is 10.0. The van der Waals surface area contributed by atoms with E-state index in [-0.39, 0.29) is 6.04 Å². The molecule has 0 radical (unpaired) electrons. The Morgan fingerprint density at radius 3 is 2.67 bits per heavy atom. The molecule has 0 spiro atoms. The summed E-state index contributed by atoms with van der Waals surface area (Å²) in [6, 6.07) is 0.0765. The van der Waals surface area contributed by atoms with E-state index >= 15 is 0 Å². The van der Waals surface area contributed by atoms with Crippen molar-refractivity contribution in [3.63, 3.8) is 0 Å². The van der Waals surface area contributed by atoms with E-state index < -0.39 is 0 Å². The van der Waals surface area contributed by atoms with Crippen LogP contribution in [0.15, 0.2) is 12.4 Å². The van der Waals surface area contributed by atoms with E-state index in [4.69, 9.17) is 5.73 Å². The maximum absolute atomic E-state index is 6.14. The van der Waals surface area contributed by atoms with Crippen LogP contribution in [0.25, 0.3) is 0 Å². The molecule has 1 atom stereocenters. The number of rotatable bonds is 4. The normalized spacial score (nSPS) is 12.9. The van der Waals surface area contributed by atoms with Gasteiger partial charge >= 0.3 is 0 Å². The summed E-state index contributed by atoms with van der Waals surface area (Å²) < 4.78 is 3.82. The lowest BCUT2D eigenvalue weighted by molar-refractivity contribution is 0.649. The lowest BCUT2D eigenvalue weighted by Gasteiger charge is -2.09. The Labute approximate surface area is 108 Å². The molecule has 1 unspecified atom stereocenters. The van der Waals surface area contributed by atoms with Crippen LogP contribution in [0, 0.1) is 13.8 Å². The summed E-state index contributed by atoms with van der Waals surface area (Å²) in [7, 11) is 1.92. The molecule has 2 rings (SSSR count). The third-order valence-corrected chi connectivity index (χ3v) is 3.34. The number of nitrogens with two attached hydrogens (primary N) is 1. The molecule has 5 nitrogen and oxygen atoms in total. The first kappa shape index (κ1) is 12.8. The smallest absolute Gasteiger partial charge is 0.0693 e. The molecule has 2 aromatic rings. The Kier molecular flexibility index (Phi) is 3.52. The van der Waals surface area contributed by atoms with Gasteiger partial charge in [0.05, 0.1) is 18.4 Å². The van der Waals surface area contributed by atoms with Crippen molar-refractivity contribution in [2.75, 3.05) is 0 Å². The molecule has 0 saturated heterocycles. The minimum Gasteiger partial charge on any atom is -0.324 e. The molecular weight excluding hydrogens is 226 g/mol. The van der Waals surface area contributed by atoms with Crippen LogP contribution in [0.2, 0.25) is 0 Å². The van der Waals surface area contributed by atoms with Crippen molar-refractivity contribution in [2.45, 2.75) is 39.8 Å². The minimum atomic E-state index is 0.0765. The number of hydrogen-bond donors (Lipinski definition) is 1. The van der Waals surface area contributed by atoms with Crippen molar-refractivity contribution < 1.29 is 0 Å². The summed E-state index contributed by atoms with van der Waals surface area (Å²) >= 11 is 0. The lowest BCUT2D eigenvalue weighted by Crippen LogP contribution is -2.11. The highest BCUT2D eigenvalue weighted by atomic mass is 15.3. The van der Waals surface area contributed by atoms with Gasteiger partial charge in [-0.3, -0.25) is 9.36 Å². The molecule has 0 aromatic carbocycles. The second-order valence-corrected chi connectivity index (χ2v) is 4.78. The van der Waals surface area contributed by atoms with E-state index in [1.54, 1.807) is 4.68 Å². The van der Waals surface area contributed by atoms with Crippen LogP contribution < -0.4 is 5.73 Å². The number of aromatic nitrogens is 4. The fourth-order valence-corrected chi connectivity index (χ4v) is 2.33. The van der Waals surface area contributed by atoms with Crippen LogP contribution in [0.3, 0.4) is 0 Å². The van der Waals surface area contributed by atoms with E-state index in [0.717, 1.165) is 29.9 Å². The largest absolute Gasteiger partial charge is 0.324 e. The zero-order valence-corrected chi connectivity index (χ0v) is 11.5. The third-order valence-electron chi connectivity index (χ3n) is 3.34. The maximum Gasteiger partial charge on any atom is 0.0693 e. The predicted molar refractivity (Wildman–Crippen MR) is 71.2 cm³/mol. The summed E-state index contributed by atoms with van der Waals surface area (Å²) in [5, 5.41) is 8.76. The van der Waals surface area contributed by atoms with Gasteiger partial charge in [-0.25, -0.2) is 0 Å². The summed E-state index contributed by atoms with van der Waals surface area (Å²) in [6.07, 6.45) is 4.81. The Bertz CT molecular complexity index is 538. The van der Waals surface area contributed by atoms with Crippen molar-refractivity contribution >= 4 is 0 Å². The molecule has 0 saturated carbocycles. The predicted octanol–water partition coefficient (Wildman–Crippen LogP) is 1.69. The first-order chi connectivity index (χ1) is 8.52. The summed E-state index contributed by atoms with van der Waals surface area (Å²) in [4.78, 5) is 0. The molecule has 5 heteroatoms. The SMILES string of the molecule is CCC(N)c1c(C)nn(Cc2cnn(C)c2)c1C. The first-order valence-corrected chi connectivity index (χ1v) is 6.30. The van der Waals surface area contributed by atoms with Gasteiger partial charge in [-0.05, 0) is 20.3 Å². The topological polar surface area (TPSA) is 61.7 Å². The van der Waals surface area contributed by atoms with Crippen LogP contribution in [0.5, 0.6) is 0 Å². The first-order valence-electron chi connectivity index (χ1n) is 6.30. The van der Waals surface area contributed by atoms with Gasteiger partial charge in [0.1, 0.15) is 0 Å². The van der Waals surface area contributed by atoms with Crippen molar-refractivity contribution in [3.05, 3.63) is 34.9 Å². The van der Waals surface area contributed by atoms with Crippen LogP contribution in [0.4, 0.5) is 0 Å². The minimum absolute atomic E-state index is 0.0765. The number of hydrogen-bond acceptors (Lipinski definition) is 3. The number of nitrogens with zero attached hydrogens (tertiary/aromatic N) is 4. The highest BCUT2D eigenvalue weighted by Gasteiger charge is 2.16. The molecule has 2 N–H and O–H groups in total. The van der Waals surface area contributed by atoms with Gasteiger partial charge in [0.25, 0.3) is 0 Å². The molecule has 0 amide bonds. The molecule has 0 aliphatic rings. The molecule has 0 fully saturated rings. The summed E-state index contributed by atoms with van der Waals surface area (Å²) in [5.41, 5.74) is 10.7. The van der Waals surface area contributed by atoms with Gasteiger partial charge in [-0.2, -0.15) is 10.2 Å². The average Bonchev–Trinajstić information content (AvgIpc) is 2.84. The van der Waals surface area contributed by atoms with E-state index in [1.807, 2.05) is 31.0 Å². The molecule has 2 aromatic heterocycles. The van der Waals surface area contributed by atoms with E-state index in [9.17, 15) is 0 Å². The zero-order valence-electron chi connectivity index (χ0n) is 11.5. The molecule has 2 heterocycles. The molecule has 0 aliphatic carbocycles. The third kappa shape index (κ3) is 2.31. The monoisotopic (exact) mass is 247 g/mol. The van der Waals surface area contributed by atoms with Gasteiger partial charge in [0.2, 0.25) is 0 Å². The summed E-state index contributed by atoms with van der Waals surface area (Å²) in [6.45, 7) is 6.96. The van der Waals surface area contributed by atoms with Crippen molar-refractivity contribution in [3.8, 4) is 0 Å². The van der Waals surface area contributed by atoms with Crippen LogP contribution >= 0.6 is 0 Å². The van der Waals surface area contributed by atoms with E-state index in [0.29, 0.717) is 0 Å². The second-order valence-electron chi connectivity index (χ2n) is 4.78. The Morgan fingerprint density at radius 2 is 2.11 bits per heavy atom. The van der Waals surface area contributed by atoms with Crippen LogP contribution in [0.1, 0.15) is 41.9 Å². The molecule has 98 valence electrons. The summed E-state index contributed by atoms with van der Waals surface area (Å²) in [5.74, 6) is 0. The van der Waals surface area contributed by atoms with Crippen LogP contribution in [-0.4, -0.2) is 19.6 Å². The average molecular weight is 247 g/mol. The van der Waals surface area contributed by atoms with Gasteiger partial charge in [0.15, 0.2) is 0 Å². The van der Waals surface area contributed by atoms with E-state index in [2.05, 4.69) is 24.0 Å². The molecule has 18 heavy (non-hydrogen) atoms. The van der Waals surface area contributed by atoms with Gasteiger partial charge in [-0.15, -0.1) is 0 Å². The Hall–Kier alpha value is -1.62. The molecular formula is C13H21N5. The Morgan fingerprint density at radius 1 is 1.39 bits per heavy atom. The second kappa shape index (κ2) is 4.94. The molecule has 0 bridgehead atoms. The molecule has 0 aliphatic heterocycles. The maximum atomic E-state index is 6.14. The fourth-order valence-electron chi connectivity index (χ4n) is 2.33. The highest BCUT2D eigenvalue weighted by molar-refractivity contribution is 5.28. The zero-order chi connectivity index (χ0) is 13.3. The Balaban J connectivity index is 2.29. The van der Waals surface area contributed by atoms with Crippen molar-refractivity contribution in [1.29, 1.82) is 0 Å². The fraction of sp³-hybridized carbons (Fsp3) is 0.538. The highest BCUT2D eigenvalue weighted by Crippen LogP contribution is 2.22. The van der Waals surface area contributed by atoms with Gasteiger partial charge < -0.3 is 5.73 Å².